The summed E-state index contributed by atoms with van der Waals surface area (Å²) in [6.45, 7) is 1.65. The summed E-state index contributed by atoms with van der Waals surface area (Å²) in [5.41, 5.74) is 1.17. The highest BCUT2D eigenvalue weighted by molar-refractivity contribution is 7.81. The Morgan fingerprint density at radius 3 is 2.52 bits per heavy atom. The van der Waals surface area contributed by atoms with Gasteiger partial charge in [0, 0.05) is 35.5 Å². The number of benzene rings is 2. The fraction of sp³-hybridized carbons (Fsp3) is 0.0476. The third-order valence-corrected chi connectivity index (χ3v) is 4.47. The van der Waals surface area contributed by atoms with E-state index < -0.39 is 10.7 Å². The molecule has 0 atom stereocenters. The number of nitrogens with one attached hydrogen (secondary N) is 1. The molecule has 1 heterocycles. The fourth-order valence-corrected chi connectivity index (χ4v) is 2.98. The van der Waals surface area contributed by atoms with E-state index in [4.69, 9.17) is 12.2 Å². The topological polar surface area (TPSA) is 79.3 Å². The molecule has 0 saturated carbocycles. The van der Waals surface area contributed by atoms with Gasteiger partial charge in [0.2, 0.25) is 0 Å². The Hall–Kier alpha value is -3.65. The minimum absolute atomic E-state index is 0.119. The van der Waals surface area contributed by atoms with Crippen LogP contribution in [-0.4, -0.2) is 15.0 Å². The first kappa shape index (κ1) is 20.1. The second-order valence-corrected chi connectivity index (χ2v) is 6.61. The average molecular weight is 410 g/mol. The molecule has 0 bridgehead atoms. The van der Waals surface area contributed by atoms with Gasteiger partial charge in [-0.05, 0) is 24.6 Å². The quantitative estimate of drug-likeness (QED) is 0.160. The summed E-state index contributed by atoms with van der Waals surface area (Å²) in [7, 11) is 0. The minimum Gasteiger partial charge on any atom is -0.502 e. The second kappa shape index (κ2) is 8.57. The van der Waals surface area contributed by atoms with Crippen LogP contribution in [0, 0.1) is 22.9 Å². The summed E-state index contributed by atoms with van der Waals surface area (Å²) >= 11 is 5.47. The van der Waals surface area contributed by atoms with Crippen molar-refractivity contribution in [3.05, 3.63) is 100 Å². The zero-order chi connectivity index (χ0) is 21.0. The predicted octanol–water partition coefficient (Wildman–Crippen LogP) is 4.65. The third-order valence-electron chi connectivity index (χ3n) is 4.17. The van der Waals surface area contributed by atoms with E-state index in [0.717, 1.165) is 0 Å². The zero-order valence-electron chi connectivity index (χ0n) is 15.4. The molecule has 0 unspecified atom stereocenters. The van der Waals surface area contributed by atoms with Crippen LogP contribution in [0.3, 0.4) is 0 Å². The van der Waals surface area contributed by atoms with Crippen LogP contribution in [0.1, 0.15) is 11.1 Å². The fourth-order valence-electron chi connectivity index (χ4n) is 2.66. The van der Waals surface area contributed by atoms with Crippen molar-refractivity contribution in [2.75, 3.05) is 5.32 Å². The highest BCUT2D eigenvalue weighted by Gasteiger charge is 2.24. The van der Waals surface area contributed by atoms with Crippen LogP contribution in [-0.2, 0) is 0 Å². The molecule has 0 fully saturated rings. The lowest BCUT2D eigenvalue weighted by molar-refractivity contribution is -0.575. The minimum atomic E-state index is -0.544. The largest absolute Gasteiger partial charge is 0.502 e. The number of nitro benzene ring substituents is 1. The van der Waals surface area contributed by atoms with E-state index >= 15 is 0 Å². The van der Waals surface area contributed by atoms with Crippen LogP contribution in [0.5, 0.6) is 0 Å². The van der Waals surface area contributed by atoms with Gasteiger partial charge >= 0.3 is 0 Å². The summed E-state index contributed by atoms with van der Waals surface area (Å²) in [5, 5.41) is 24.9. The Bertz CT molecular complexity index is 1120. The number of thiocarbonyl (C=S) groups is 1. The number of aromatic nitrogens is 1. The Labute approximate surface area is 171 Å². The lowest BCUT2D eigenvalue weighted by atomic mass is 10.1. The van der Waals surface area contributed by atoms with Gasteiger partial charge in [-0.25, -0.2) is 4.39 Å². The van der Waals surface area contributed by atoms with Gasteiger partial charge in [0.05, 0.1) is 4.92 Å². The summed E-state index contributed by atoms with van der Waals surface area (Å²) in [6.07, 6.45) is 3.35. The van der Waals surface area contributed by atoms with Gasteiger partial charge in [-0.15, -0.1) is 0 Å². The van der Waals surface area contributed by atoms with E-state index in [0.29, 0.717) is 11.3 Å². The van der Waals surface area contributed by atoms with Gasteiger partial charge < -0.3 is 10.4 Å². The van der Waals surface area contributed by atoms with Crippen molar-refractivity contribution in [1.82, 2.24) is 0 Å². The first-order chi connectivity index (χ1) is 13.9. The van der Waals surface area contributed by atoms with Crippen molar-refractivity contribution < 1.29 is 19.0 Å². The number of nitrogens with zero attached hydrogens (tertiary/aromatic N) is 2. The van der Waals surface area contributed by atoms with Crippen LogP contribution in [0.25, 0.3) is 11.5 Å². The van der Waals surface area contributed by atoms with Gasteiger partial charge in [0.25, 0.3) is 11.4 Å². The summed E-state index contributed by atoms with van der Waals surface area (Å²) < 4.78 is 15.5. The number of anilines is 1. The normalized spacial score (nSPS) is 11.5. The van der Waals surface area contributed by atoms with Crippen molar-refractivity contribution >= 4 is 40.0 Å². The zero-order valence-corrected chi connectivity index (χ0v) is 16.2. The van der Waals surface area contributed by atoms with Gasteiger partial charge in [0.1, 0.15) is 5.82 Å². The van der Waals surface area contributed by atoms with Crippen molar-refractivity contribution in [2.45, 2.75) is 6.92 Å². The monoisotopic (exact) mass is 410 g/mol. The molecule has 3 aromatic rings. The molecule has 1 aromatic heterocycles. The SMILES string of the molecule is Cc1ccc(NC(=S)C(=C(O)c2cccc([N+](=O)[O-])c2)[n+]2ccccc2)cc1F. The Kier molecular flexibility index (Phi) is 5.94. The molecule has 0 aliphatic carbocycles. The Morgan fingerprint density at radius 1 is 1.14 bits per heavy atom. The van der Waals surface area contributed by atoms with Crippen molar-refractivity contribution in [1.29, 1.82) is 0 Å². The molecule has 0 aliphatic rings. The van der Waals surface area contributed by atoms with Crippen LogP contribution in [0.4, 0.5) is 15.8 Å². The Balaban J connectivity index is 2.08. The smallest absolute Gasteiger partial charge is 0.288 e. The Morgan fingerprint density at radius 2 is 1.86 bits per heavy atom. The molecular formula is C21H17FN3O3S+. The number of non-ortho nitro benzene ring substituents is 1. The molecule has 29 heavy (non-hydrogen) atoms. The van der Waals surface area contributed by atoms with Gasteiger partial charge in [-0.1, -0.05) is 36.5 Å². The van der Waals surface area contributed by atoms with E-state index in [-0.39, 0.29) is 27.7 Å². The summed E-state index contributed by atoms with van der Waals surface area (Å²) in [5.74, 6) is -0.645. The molecule has 0 saturated heterocycles. The molecule has 146 valence electrons. The maximum absolute atomic E-state index is 13.9. The van der Waals surface area contributed by atoms with Crippen molar-refractivity contribution in [3.63, 3.8) is 0 Å². The lowest BCUT2D eigenvalue weighted by Gasteiger charge is -2.10. The molecule has 6 nitrogen and oxygen atoms in total. The second-order valence-electron chi connectivity index (χ2n) is 6.21. The molecule has 3 rings (SSSR count). The van der Waals surface area contributed by atoms with E-state index in [1.807, 2.05) is 0 Å². The van der Waals surface area contributed by atoms with Crippen LogP contribution in [0.15, 0.2) is 73.1 Å². The molecule has 2 N–H and O–H groups in total. The maximum Gasteiger partial charge on any atom is 0.288 e. The van der Waals surface area contributed by atoms with Gasteiger partial charge in [-0.3, -0.25) is 10.1 Å². The predicted molar refractivity (Wildman–Crippen MR) is 113 cm³/mol. The van der Waals surface area contributed by atoms with E-state index in [1.165, 1.54) is 24.3 Å². The molecular weight excluding hydrogens is 393 g/mol. The summed E-state index contributed by atoms with van der Waals surface area (Å²) in [4.78, 5) is 10.7. The average Bonchev–Trinajstić information content (AvgIpc) is 2.71. The van der Waals surface area contributed by atoms with Gasteiger partial charge in [0.15, 0.2) is 23.1 Å². The molecule has 0 radical (unpaired) electrons. The highest BCUT2D eigenvalue weighted by atomic mass is 32.1. The van der Waals surface area contributed by atoms with Crippen molar-refractivity contribution in [3.8, 4) is 0 Å². The number of aryl methyl sites for hydroxylation is 1. The molecule has 8 heteroatoms. The highest BCUT2D eigenvalue weighted by Crippen LogP contribution is 2.23. The van der Waals surface area contributed by atoms with Crippen molar-refractivity contribution in [2.24, 2.45) is 0 Å². The third kappa shape index (κ3) is 4.61. The number of hydrogen-bond acceptors (Lipinski definition) is 4. The van der Waals surface area contributed by atoms with Crippen LogP contribution < -0.4 is 9.88 Å². The number of pyridine rings is 1. The van der Waals surface area contributed by atoms with E-state index in [9.17, 15) is 19.6 Å². The number of hydrogen-bond donors (Lipinski definition) is 2. The summed E-state index contributed by atoms with van der Waals surface area (Å²) in [6, 6.07) is 15.5. The van der Waals surface area contributed by atoms with Crippen LogP contribution in [0.2, 0.25) is 0 Å². The molecule has 0 amide bonds. The van der Waals surface area contributed by atoms with E-state index in [2.05, 4.69) is 5.32 Å². The number of aliphatic hydroxyl groups is 1. The number of nitro groups is 1. The molecule has 0 spiro atoms. The number of rotatable bonds is 5. The molecule has 2 aromatic carbocycles. The molecule has 0 aliphatic heterocycles. The first-order valence-electron chi connectivity index (χ1n) is 8.59. The van der Waals surface area contributed by atoms with Gasteiger partial charge in [-0.2, -0.15) is 4.57 Å². The standard InChI is InChI=1S/C21H16FN3O3S/c1-14-8-9-16(13-18(14)22)23-21(29)19(24-10-3-2-4-11-24)20(26)15-6-5-7-17(12-15)25(27)28/h2-13H,1H3,(H-,23,26,29)/p+1. The first-order valence-corrected chi connectivity index (χ1v) is 9.00. The maximum atomic E-state index is 13.9. The lowest BCUT2D eigenvalue weighted by Crippen LogP contribution is -2.38. The number of aliphatic hydroxyl groups excluding tert-OH is 1. The number of halogens is 1. The van der Waals surface area contributed by atoms with Crippen LogP contribution >= 0.6 is 12.2 Å². The van der Waals surface area contributed by atoms with E-state index in [1.54, 1.807) is 60.3 Å².